The molecule has 0 saturated heterocycles. The molecule has 1 unspecified atom stereocenters. The van der Waals surface area contributed by atoms with Gasteiger partial charge in [0.25, 0.3) is 0 Å². The van der Waals surface area contributed by atoms with Gasteiger partial charge in [-0.15, -0.1) is 18.2 Å². The summed E-state index contributed by atoms with van der Waals surface area (Å²) in [4.78, 5) is 9.72. The van der Waals surface area contributed by atoms with E-state index in [9.17, 15) is 0 Å². The zero-order valence-electron chi connectivity index (χ0n) is 38.2. The molecule has 0 amide bonds. The van der Waals surface area contributed by atoms with Crippen molar-refractivity contribution in [2.45, 2.75) is 83.4 Å². The van der Waals surface area contributed by atoms with E-state index in [1.807, 2.05) is 51.2 Å². The van der Waals surface area contributed by atoms with Gasteiger partial charge >= 0.3 is 145 Å². The number of pyridine rings is 1. The van der Waals surface area contributed by atoms with Crippen LogP contribution >= 0.6 is 0 Å². The molecular weight excluding hydrogens is 909 g/mol. The average molecular weight is 967 g/mol. The Kier molecular flexibility index (Phi) is 9.83. The molecule has 1 aliphatic heterocycles. The molecule has 5 aromatic carbocycles. The van der Waals surface area contributed by atoms with E-state index in [4.69, 9.17) is 16.3 Å². The molecule has 8 rings (SSSR count). The molecule has 0 spiro atoms. The third kappa shape index (κ3) is 8.68. The normalized spacial score (nSPS) is 16.1. The zero-order valence-corrected chi connectivity index (χ0v) is 37.7. The van der Waals surface area contributed by atoms with Crippen LogP contribution in [0.2, 0.25) is 17.3 Å². The molecule has 7 aromatic rings. The fraction of sp³-hybridized carbons (Fsp3) is 0.280. The minimum absolute atomic E-state index is 0. The number of nitrogens with zero attached hydrogens (tertiary/aromatic N) is 2. The number of fused-ring (bicyclic) bond motifs is 4. The zero-order chi connectivity index (χ0) is 42.7. The van der Waals surface area contributed by atoms with Gasteiger partial charge in [0.05, 0.1) is 11.3 Å². The van der Waals surface area contributed by atoms with Gasteiger partial charge in [-0.1, -0.05) is 92.4 Å². The summed E-state index contributed by atoms with van der Waals surface area (Å²) in [5.74, 6) is 6.74. The Balaban J connectivity index is 0.000000201. The van der Waals surface area contributed by atoms with E-state index in [1.165, 1.54) is 22.8 Å². The van der Waals surface area contributed by atoms with E-state index in [1.54, 1.807) is 12.1 Å². The monoisotopic (exact) mass is 968 g/mol. The van der Waals surface area contributed by atoms with Gasteiger partial charge in [0, 0.05) is 31.4 Å². The second-order valence-electron chi connectivity index (χ2n) is 17.3. The molecule has 1 aliphatic rings. The largest absolute Gasteiger partial charge is 0 e. The Labute approximate surface area is 351 Å². The van der Waals surface area contributed by atoms with Gasteiger partial charge in [-0.05, 0) is 39.9 Å². The molecule has 0 bridgehead atoms. The molecule has 0 N–H and O–H groups in total. The van der Waals surface area contributed by atoms with Crippen LogP contribution in [0, 0.1) is 24.4 Å². The van der Waals surface area contributed by atoms with Crippen molar-refractivity contribution in [2.24, 2.45) is 10.4 Å². The van der Waals surface area contributed by atoms with E-state index in [-0.39, 0.29) is 37.0 Å². The van der Waals surface area contributed by atoms with Gasteiger partial charge in [0.1, 0.15) is 5.58 Å². The van der Waals surface area contributed by atoms with Crippen LogP contribution < -0.4 is 4.40 Å². The van der Waals surface area contributed by atoms with Crippen molar-refractivity contribution in [3.8, 4) is 11.3 Å². The summed E-state index contributed by atoms with van der Waals surface area (Å²) in [6, 6.07) is 42.6. The SMILES string of the molecule is CC(C)(C)c1ccccc1C1C(c2[c-]ccc3c2oc2ccccc23)=Nc2ccccc21.[2H]C([2H])([2H])c1c[c-]c(-c2cc(C([2H])([2H])C(C)(C)C)[c]([Ge]([CH3])([CH3])[CH3])cn2)cc1.[Ir]. The fourth-order valence-corrected chi connectivity index (χ4v) is 10.2. The summed E-state index contributed by atoms with van der Waals surface area (Å²) in [5, 5.41) is 2.23. The summed E-state index contributed by atoms with van der Waals surface area (Å²) in [6.07, 6.45) is 0.303. The molecule has 0 saturated carbocycles. The molecule has 55 heavy (non-hydrogen) atoms. The number of aromatic nitrogens is 1. The van der Waals surface area contributed by atoms with Crippen LogP contribution in [0.1, 0.15) is 87.7 Å². The first kappa shape index (κ1) is 34.2. The van der Waals surface area contributed by atoms with Gasteiger partial charge < -0.3 is 4.42 Å². The number of para-hydroxylation sites is 2. The van der Waals surface area contributed by atoms with E-state index in [0.717, 1.165) is 43.3 Å². The second-order valence-corrected chi connectivity index (χ2v) is 27.8. The van der Waals surface area contributed by atoms with Gasteiger partial charge in [-0.2, -0.15) is 0 Å². The van der Waals surface area contributed by atoms with Crippen molar-refractivity contribution < 1.29 is 31.4 Å². The Morgan fingerprint density at radius 1 is 0.818 bits per heavy atom. The molecule has 0 fully saturated rings. The maximum Gasteiger partial charge on any atom is 0 e. The maximum atomic E-state index is 8.80. The Morgan fingerprint density at radius 2 is 1.53 bits per heavy atom. The first-order chi connectivity index (χ1) is 27.6. The second kappa shape index (κ2) is 15.8. The Bertz CT molecular complexity index is 2700. The molecular formula is C50H52GeIrN2O-2. The average Bonchev–Trinajstić information content (AvgIpc) is 3.75. The first-order valence-corrected chi connectivity index (χ1v) is 26.0. The van der Waals surface area contributed by atoms with Crippen LogP contribution in [0.25, 0.3) is 33.2 Å². The van der Waals surface area contributed by atoms with Crippen LogP contribution in [0.15, 0.2) is 125 Å². The first-order valence-electron chi connectivity index (χ1n) is 21.2. The third-order valence-corrected chi connectivity index (χ3v) is 14.0. The number of furan rings is 1. The molecule has 3 nitrogen and oxygen atoms in total. The van der Waals surface area contributed by atoms with E-state index in [2.05, 4.69) is 122 Å². The number of hydrogen-bond donors (Lipinski definition) is 0. The van der Waals surface area contributed by atoms with E-state index in [0.29, 0.717) is 16.8 Å². The standard InChI is InChI=1S/C30H24NO.C20H28GeN.Ir/c1-30(2,3)24-16-7-4-12-21(24)27-22-13-5-8-17-25(22)31-28(27)23-15-10-14-20-19-11-6-9-18-26(19)32-29(20)23;1-15-8-10-16(11-9-15)19-12-17(13-20(2,3)4)18(14-22-19)21(5,6)7;/h4-14,16-18,27H,1-3H3;8-10,12,14H,13H2,1-7H3;/q2*-1;/i;1D3,13D2;. The molecule has 283 valence electrons. The Morgan fingerprint density at radius 3 is 2.22 bits per heavy atom. The minimum atomic E-state index is -2.36. The fourth-order valence-electron chi connectivity index (χ4n) is 7.29. The number of hydrogen-bond acceptors (Lipinski definition) is 3. The predicted molar refractivity (Wildman–Crippen MR) is 232 cm³/mol. The third-order valence-electron chi connectivity index (χ3n) is 9.75. The van der Waals surface area contributed by atoms with Crippen molar-refractivity contribution in [1.82, 2.24) is 4.98 Å². The van der Waals surface area contributed by atoms with Crippen molar-refractivity contribution >= 4 is 51.0 Å². The van der Waals surface area contributed by atoms with Crippen molar-refractivity contribution in [3.63, 3.8) is 0 Å². The molecule has 5 heteroatoms. The van der Waals surface area contributed by atoms with Crippen LogP contribution in [-0.4, -0.2) is 24.0 Å². The molecule has 3 heterocycles. The number of aliphatic imine (C=N–C) groups is 1. The van der Waals surface area contributed by atoms with E-state index < -0.39 is 31.9 Å². The molecule has 1 radical (unpaired) electrons. The molecule has 0 aliphatic carbocycles. The predicted octanol–water partition coefficient (Wildman–Crippen LogP) is 12.9. The maximum absolute atomic E-state index is 8.80. The minimum Gasteiger partial charge on any atom is 0 e. The van der Waals surface area contributed by atoms with Crippen molar-refractivity contribution in [3.05, 3.63) is 161 Å². The van der Waals surface area contributed by atoms with Gasteiger partial charge in [0.15, 0.2) is 0 Å². The van der Waals surface area contributed by atoms with Crippen LogP contribution in [0.5, 0.6) is 0 Å². The van der Waals surface area contributed by atoms with Crippen molar-refractivity contribution in [2.75, 3.05) is 0 Å². The summed E-state index contributed by atoms with van der Waals surface area (Å²) < 4.78 is 47.5. The van der Waals surface area contributed by atoms with Crippen LogP contribution in [0.3, 0.4) is 0 Å². The summed E-state index contributed by atoms with van der Waals surface area (Å²) in [5.41, 5.74) is 10.3. The summed E-state index contributed by atoms with van der Waals surface area (Å²) in [7, 11) is 0. The van der Waals surface area contributed by atoms with Gasteiger partial charge in [-0.3, -0.25) is 4.99 Å². The van der Waals surface area contributed by atoms with Crippen LogP contribution in [-0.2, 0) is 31.9 Å². The van der Waals surface area contributed by atoms with Crippen LogP contribution in [0.4, 0.5) is 5.69 Å². The topological polar surface area (TPSA) is 38.4 Å². The quantitative estimate of drug-likeness (QED) is 0.127. The summed E-state index contributed by atoms with van der Waals surface area (Å²) >= 11 is -2.36. The van der Waals surface area contributed by atoms with Gasteiger partial charge in [0.2, 0.25) is 0 Å². The van der Waals surface area contributed by atoms with Crippen molar-refractivity contribution in [1.29, 1.82) is 0 Å². The van der Waals surface area contributed by atoms with Gasteiger partial charge in [-0.25, -0.2) is 0 Å². The van der Waals surface area contributed by atoms with E-state index >= 15 is 0 Å². The number of benzene rings is 5. The summed E-state index contributed by atoms with van der Waals surface area (Å²) in [6.45, 7) is 10.4. The number of aryl methyl sites for hydroxylation is 1. The molecule has 2 aromatic heterocycles. The molecule has 1 atom stereocenters. The Hall–Kier alpha value is -4.09. The number of rotatable bonds is 5. The smallest absolute Gasteiger partial charge is 0 e.